The number of nitrogens with zero attached hydrogens (tertiary/aromatic N) is 7. The van der Waals surface area contributed by atoms with E-state index in [1.807, 2.05) is 34.5 Å². The lowest BCUT2D eigenvalue weighted by Gasteiger charge is -2.41. The van der Waals surface area contributed by atoms with Crippen LogP contribution in [0.3, 0.4) is 0 Å². The highest BCUT2D eigenvalue weighted by atomic mass is 32.1. The fourth-order valence-corrected chi connectivity index (χ4v) is 6.70. The number of anilines is 1. The normalized spacial score (nSPS) is 19.4. The molecule has 12 heteroatoms. The van der Waals surface area contributed by atoms with E-state index in [0.29, 0.717) is 23.4 Å². The Bertz CT molecular complexity index is 1720. The lowest BCUT2D eigenvalue weighted by molar-refractivity contribution is -0.131. The number of pyridine rings is 1. The maximum absolute atomic E-state index is 15.8. The third-order valence-electron chi connectivity index (χ3n) is 8.01. The van der Waals surface area contributed by atoms with Gasteiger partial charge in [-0.25, -0.2) is 13.8 Å². The lowest BCUT2D eigenvalue weighted by Crippen LogP contribution is -2.55. The quantitative estimate of drug-likeness (QED) is 0.280. The number of aromatic nitrogens is 3. The number of fused-ring (bicyclic) bond motifs is 2. The van der Waals surface area contributed by atoms with Gasteiger partial charge in [0, 0.05) is 35.9 Å². The summed E-state index contributed by atoms with van der Waals surface area (Å²) in [6.45, 7) is 5.10. The topological polar surface area (TPSA) is 98.5 Å². The van der Waals surface area contributed by atoms with Crippen molar-refractivity contribution >= 4 is 44.2 Å². The minimum atomic E-state index is -1.08. The molecule has 216 valence electrons. The zero-order valence-corrected chi connectivity index (χ0v) is 23.9. The monoisotopic (exact) mass is 589 g/mol. The number of benzene rings is 1. The second-order valence-corrected chi connectivity index (χ2v) is 11.5. The van der Waals surface area contributed by atoms with Crippen LogP contribution in [0.2, 0.25) is 0 Å². The molecule has 0 radical (unpaired) electrons. The third kappa shape index (κ3) is 5.26. The van der Waals surface area contributed by atoms with E-state index < -0.39 is 23.6 Å². The van der Waals surface area contributed by atoms with Crippen molar-refractivity contribution in [1.82, 2.24) is 24.8 Å². The first-order valence-electron chi connectivity index (χ1n) is 13.8. The van der Waals surface area contributed by atoms with E-state index in [1.54, 1.807) is 0 Å². The summed E-state index contributed by atoms with van der Waals surface area (Å²) in [4.78, 5) is 31.8. The van der Waals surface area contributed by atoms with Gasteiger partial charge in [-0.3, -0.25) is 4.79 Å². The number of thiophene rings is 1. The summed E-state index contributed by atoms with van der Waals surface area (Å²) in [5.74, 6) is -2.06. The Morgan fingerprint density at radius 1 is 1.21 bits per heavy atom. The van der Waals surface area contributed by atoms with Crippen LogP contribution >= 0.6 is 11.3 Å². The molecule has 0 aliphatic carbocycles. The Kier molecular flexibility index (Phi) is 7.70. The summed E-state index contributed by atoms with van der Waals surface area (Å²) in [5.41, 5.74) is 1.12. The first-order valence-corrected chi connectivity index (χ1v) is 14.7. The number of nitriles is 1. The van der Waals surface area contributed by atoms with Gasteiger partial charge in [0.25, 0.3) is 5.91 Å². The average molecular weight is 590 g/mol. The summed E-state index contributed by atoms with van der Waals surface area (Å²) >= 11 is 1.52. The Labute approximate surface area is 245 Å². The van der Waals surface area contributed by atoms with Gasteiger partial charge in [-0.05, 0) is 49.3 Å². The van der Waals surface area contributed by atoms with Crippen molar-refractivity contribution in [2.75, 3.05) is 44.7 Å². The van der Waals surface area contributed by atoms with Gasteiger partial charge in [0.1, 0.15) is 23.9 Å². The summed E-state index contributed by atoms with van der Waals surface area (Å²) in [6, 6.07) is 10.9. The van der Waals surface area contributed by atoms with Gasteiger partial charge in [-0.15, -0.1) is 11.3 Å². The van der Waals surface area contributed by atoms with Crippen LogP contribution in [0.25, 0.3) is 32.4 Å². The molecule has 42 heavy (non-hydrogen) atoms. The van der Waals surface area contributed by atoms with Crippen molar-refractivity contribution in [1.29, 1.82) is 5.26 Å². The van der Waals surface area contributed by atoms with Crippen molar-refractivity contribution in [2.24, 2.45) is 0 Å². The van der Waals surface area contributed by atoms with Gasteiger partial charge in [0.15, 0.2) is 11.5 Å². The number of piperazine rings is 1. The van der Waals surface area contributed by atoms with E-state index in [9.17, 15) is 14.4 Å². The minimum absolute atomic E-state index is 0.0164. The van der Waals surface area contributed by atoms with Crippen LogP contribution in [0.1, 0.15) is 19.3 Å². The zero-order valence-electron chi connectivity index (χ0n) is 23.1. The first kappa shape index (κ1) is 27.9. The average Bonchev–Trinajstić information content (AvgIpc) is 3.64. The molecule has 0 spiro atoms. The number of hydrogen-bond acceptors (Lipinski definition) is 9. The van der Waals surface area contributed by atoms with E-state index in [4.69, 9.17) is 9.72 Å². The first-order chi connectivity index (χ1) is 20.3. The Morgan fingerprint density at radius 2 is 2.07 bits per heavy atom. The molecule has 5 heterocycles. The SMILES string of the molecule is C=C(F)C(=O)N1CCN(c2nc(OC[C@@H]3CCCN3C)nc3nc(-c4cccc5ccsc45)c(F)cc23)C[C@@H]1CC#N. The number of carbonyl (C=O) groups excluding carboxylic acids is 1. The Hall–Kier alpha value is -4.21. The minimum Gasteiger partial charge on any atom is -0.462 e. The number of rotatable bonds is 7. The van der Waals surface area contributed by atoms with Crippen molar-refractivity contribution in [2.45, 2.75) is 31.3 Å². The molecule has 1 aromatic carbocycles. The molecule has 9 nitrogen and oxygen atoms in total. The van der Waals surface area contributed by atoms with Crippen LogP contribution in [-0.4, -0.2) is 82.6 Å². The Morgan fingerprint density at radius 3 is 2.83 bits per heavy atom. The van der Waals surface area contributed by atoms with Crippen LogP contribution in [0.4, 0.5) is 14.6 Å². The van der Waals surface area contributed by atoms with E-state index in [0.717, 1.165) is 29.5 Å². The molecule has 4 aromatic rings. The maximum Gasteiger partial charge on any atom is 0.320 e. The Balaban J connectivity index is 1.42. The van der Waals surface area contributed by atoms with Gasteiger partial charge >= 0.3 is 6.01 Å². The predicted octanol–water partition coefficient (Wildman–Crippen LogP) is 4.93. The molecule has 2 aliphatic rings. The smallest absolute Gasteiger partial charge is 0.320 e. The number of amides is 1. The molecule has 2 atom stereocenters. The fraction of sp³-hybridized carbons (Fsp3) is 0.367. The van der Waals surface area contributed by atoms with Crippen LogP contribution in [0, 0.1) is 17.1 Å². The van der Waals surface area contributed by atoms with Crippen LogP contribution in [0.15, 0.2) is 48.1 Å². The summed E-state index contributed by atoms with van der Waals surface area (Å²) in [7, 11) is 2.05. The van der Waals surface area contributed by atoms with E-state index in [-0.39, 0.29) is 49.4 Å². The van der Waals surface area contributed by atoms with Crippen molar-refractivity contribution in [3.05, 3.63) is 53.9 Å². The van der Waals surface area contributed by atoms with Gasteiger partial charge in [0.05, 0.1) is 23.9 Å². The molecule has 6 rings (SSSR count). The third-order valence-corrected chi connectivity index (χ3v) is 8.98. The predicted molar refractivity (Wildman–Crippen MR) is 157 cm³/mol. The standard InChI is InChI=1S/C30H29F2N7O2S/c1-18(31)29(40)39-13-12-38(16-20(39)8-10-33)28-23-15-24(32)25(22-7-3-5-19-9-14-42-26(19)22)34-27(23)35-30(36-28)41-17-21-6-4-11-37(21)2/h3,5,7,9,14-15,20-21H,1,4,6,8,11-13,16-17H2,2H3/t20-,21-/m0/s1. The van der Waals surface area contributed by atoms with Crippen LogP contribution in [-0.2, 0) is 4.79 Å². The lowest BCUT2D eigenvalue weighted by atomic mass is 10.1. The fourth-order valence-electron chi connectivity index (χ4n) is 5.78. The molecule has 0 N–H and O–H groups in total. The summed E-state index contributed by atoms with van der Waals surface area (Å²) in [6.07, 6.45) is 2.07. The van der Waals surface area contributed by atoms with Gasteiger partial charge in [0.2, 0.25) is 0 Å². The molecular weight excluding hydrogens is 560 g/mol. The van der Waals surface area contributed by atoms with Gasteiger partial charge in [-0.2, -0.15) is 15.2 Å². The number of carbonyl (C=O) groups is 1. The number of ether oxygens (including phenoxy) is 1. The number of hydrogen-bond donors (Lipinski definition) is 0. The molecule has 2 saturated heterocycles. The maximum atomic E-state index is 15.8. The van der Waals surface area contributed by atoms with Gasteiger partial charge < -0.3 is 19.4 Å². The second kappa shape index (κ2) is 11.6. The molecule has 2 fully saturated rings. The zero-order chi connectivity index (χ0) is 29.4. The molecule has 3 aromatic heterocycles. The van der Waals surface area contributed by atoms with Crippen molar-refractivity contribution < 1.29 is 18.3 Å². The molecule has 0 bridgehead atoms. The van der Waals surface area contributed by atoms with E-state index in [2.05, 4.69) is 34.6 Å². The molecule has 0 saturated carbocycles. The molecule has 1 amide bonds. The van der Waals surface area contributed by atoms with E-state index in [1.165, 1.54) is 22.3 Å². The van der Waals surface area contributed by atoms with Crippen LogP contribution in [0.5, 0.6) is 6.01 Å². The highest BCUT2D eigenvalue weighted by molar-refractivity contribution is 7.17. The number of likely N-dealkylation sites (N-methyl/N-ethyl adjacent to an activating group) is 1. The number of likely N-dealkylation sites (tertiary alicyclic amines) is 1. The highest BCUT2D eigenvalue weighted by Gasteiger charge is 2.33. The van der Waals surface area contributed by atoms with E-state index >= 15 is 4.39 Å². The van der Waals surface area contributed by atoms with Crippen LogP contribution < -0.4 is 9.64 Å². The summed E-state index contributed by atoms with van der Waals surface area (Å²) in [5, 5.41) is 12.8. The molecular formula is C30H29F2N7O2S. The molecule has 0 unspecified atom stereocenters. The van der Waals surface area contributed by atoms with Gasteiger partial charge in [-0.1, -0.05) is 24.8 Å². The largest absolute Gasteiger partial charge is 0.462 e. The molecule has 2 aliphatic heterocycles. The summed E-state index contributed by atoms with van der Waals surface area (Å²) < 4.78 is 36.6. The number of halogens is 2. The second-order valence-electron chi connectivity index (χ2n) is 10.6. The van der Waals surface area contributed by atoms with Crippen molar-refractivity contribution in [3.63, 3.8) is 0 Å². The van der Waals surface area contributed by atoms with Crippen molar-refractivity contribution in [3.8, 4) is 23.3 Å². The highest BCUT2D eigenvalue weighted by Crippen LogP contribution is 2.36.